The van der Waals surface area contributed by atoms with E-state index in [0.29, 0.717) is 11.3 Å². The number of amides is 1. The minimum atomic E-state index is -3.97. The fourth-order valence-electron chi connectivity index (χ4n) is 2.47. The highest BCUT2D eigenvalue weighted by molar-refractivity contribution is 7.93. The van der Waals surface area contributed by atoms with Crippen LogP contribution in [0.25, 0.3) is 0 Å². The van der Waals surface area contributed by atoms with E-state index < -0.39 is 32.3 Å². The topological polar surface area (TPSA) is 89.5 Å². The van der Waals surface area contributed by atoms with Crippen LogP contribution in [0.2, 0.25) is 0 Å². The zero-order valence-corrected chi connectivity index (χ0v) is 16.5. The smallest absolute Gasteiger partial charge is 0.338 e. The van der Waals surface area contributed by atoms with Crippen LogP contribution in [0.5, 0.6) is 0 Å². The Kier molecular flexibility index (Phi) is 6.98. The summed E-state index contributed by atoms with van der Waals surface area (Å²) in [6.45, 7) is 3.41. The quantitative estimate of drug-likeness (QED) is 0.560. The number of anilines is 1. The third-order valence-corrected chi connectivity index (χ3v) is 6.37. The molecule has 1 amide bonds. The molecule has 0 bridgehead atoms. The van der Waals surface area contributed by atoms with Gasteiger partial charge in [0, 0.05) is 5.69 Å². The summed E-state index contributed by atoms with van der Waals surface area (Å²) < 4.78 is 30.5. The summed E-state index contributed by atoms with van der Waals surface area (Å²) in [4.78, 5) is 24.3. The monoisotopic (exact) mass is 409 g/mol. The number of hydrogen-bond donors (Lipinski definition) is 1. The van der Waals surface area contributed by atoms with Crippen molar-refractivity contribution in [2.45, 2.75) is 29.4 Å². The molecule has 6 nitrogen and oxygen atoms in total. The Labute approximate surface area is 163 Å². The lowest BCUT2D eigenvalue weighted by atomic mass is 10.2. The van der Waals surface area contributed by atoms with Gasteiger partial charge in [0.15, 0.2) is 15.1 Å². The number of ether oxygens (including phenoxy) is 1. The molecule has 0 saturated heterocycles. The van der Waals surface area contributed by atoms with Crippen LogP contribution >= 0.6 is 11.6 Å². The number of benzene rings is 2. The van der Waals surface area contributed by atoms with Crippen molar-refractivity contribution in [3.8, 4) is 0 Å². The van der Waals surface area contributed by atoms with Crippen molar-refractivity contribution in [2.75, 3.05) is 11.9 Å². The molecule has 0 spiro atoms. The molecule has 27 heavy (non-hydrogen) atoms. The predicted octanol–water partition coefficient (Wildman–Crippen LogP) is 3.27. The van der Waals surface area contributed by atoms with Crippen LogP contribution in [0.15, 0.2) is 59.5 Å². The van der Waals surface area contributed by atoms with E-state index in [4.69, 9.17) is 16.3 Å². The predicted molar refractivity (Wildman–Crippen MR) is 104 cm³/mol. The minimum Gasteiger partial charge on any atom is -0.462 e. The SMILES string of the molecule is CCOC(=O)c1ccc(NC(=O)[C@@H]([C@H](C)Cl)S(=O)(=O)c2ccccc2)cc1. The van der Waals surface area contributed by atoms with E-state index in [0.717, 1.165) is 0 Å². The number of carbonyl (C=O) groups is 2. The average molecular weight is 410 g/mol. The Morgan fingerprint density at radius 1 is 1.07 bits per heavy atom. The highest BCUT2D eigenvalue weighted by Crippen LogP contribution is 2.23. The maximum absolute atomic E-state index is 12.8. The van der Waals surface area contributed by atoms with Crippen molar-refractivity contribution in [2.24, 2.45) is 0 Å². The number of halogens is 1. The fourth-order valence-corrected chi connectivity index (χ4v) is 4.66. The van der Waals surface area contributed by atoms with Gasteiger partial charge in [-0.25, -0.2) is 13.2 Å². The molecule has 0 unspecified atom stereocenters. The number of nitrogens with one attached hydrogen (secondary N) is 1. The maximum atomic E-state index is 12.8. The first-order chi connectivity index (χ1) is 12.8. The largest absolute Gasteiger partial charge is 0.462 e. The van der Waals surface area contributed by atoms with Gasteiger partial charge in [0.1, 0.15) is 0 Å². The second kappa shape index (κ2) is 9.01. The van der Waals surface area contributed by atoms with E-state index in [1.54, 1.807) is 25.1 Å². The van der Waals surface area contributed by atoms with Crippen molar-refractivity contribution in [3.63, 3.8) is 0 Å². The van der Waals surface area contributed by atoms with Crippen molar-refractivity contribution in [3.05, 3.63) is 60.2 Å². The standard InChI is InChI=1S/C19H20ClNO5S/c1-3-26-19(23)14-9-11-15(12-10-14)21-18(22)17(13(2)20)27(24,25)16-7-5-4-6-8-16/h4-13,17H,3H2,1-2H3,(H,21,22)/t13-,17+/m0/s1. The molecule has 0 saturated carbocycles. The van der Waals surface area contributed by atoms with Crippen LogP contribution < -0.4 is 5.32 Å². The van der Waals surface area contributed by atoms with Crippen molar-refractivity contribution >= 4 is 39.0 Å². The van der Waals surface area contributed by atoms with Gasteiger partial charge in [0.25, 0.3) is 0 Å². The first-order valence-corrected chi connectivity index (χ1v) is 10.3. The zero-order valence-electron chi connectivity index (χ0n) is 14.9. The van der Waals surface area contributed by atoms with Gasteiger partial charge in [-0.1, -0.05) is 18.2 Å². The second-order valence-electron chi connectivity index (χ2n) is 5.74. The van der Waals surface area contributed by atoms with Gasteiger partial charge >= 0.3 is 5.97 Å². The molecule has 144 valence electrons. The summed E-state index contributed by atoms with van der Waals surface area (Å²) in [6, 6.07) is 13.6. The van der Waals surface area contributed by atoms with Crippen LogP contribution in [0.4, 0.5) is 5.69 Å². The molecule has 2 atom stereocenters. The number of rotatable bonds is 7. The molecule has 0 radical (unpaired) electrons. The van der Waals surface area contributed by atoms with Crippen molar-refractivity contribution < 1.29 is 22.7 Å². The first-order valence-electron chi connectivity index (χ1n) is 8.28. The summed E-state index contributed by atoms with van der Waals surface area (Å²) >= 11 is 6.04. The number of sulfone groups is 1. The van der Waals surface area contributed by atoms with Gasteiger partial charge < -0.3 is 10.1 Å². The molecule has 2 aromatic carbocycles. The van der Waals surface area contributed by atoms with Crippen LogP contribution in [-0.2, 0) is 19.4 Å². The summed E-state index contributed by atoms with van der Waals surface area (Å²) in [6.07, 6.45) is 0. The van der Waals surface area contributed by atoms with Gasteiger partial charge in [-0.05, 0) is 50.2 Å². The van der Waals surface area contributed by atoms with Crippen molar-refractivity contribution in [1.29, 1.82) is 0 Å². The van der Waals surface area contributed by atoms with Gasteiger partial charge in [-0.15, -0.1) is 11.6 Å². The molecule has 8 heteroatoms. The van der Waals surface area contributed by atoms with Crippen LogP contribution in [-0.4, -0.2) is 37.5 Å². The Balaban J connectivity index is 2.22. The molecule has 2 aromatic rings. The van der Waals surface area contributed by atoms with E-state index in [-0.39, 0.29) is 11.5 Å². The van der Waals surface area contributed by atoms with Gasteiger partial charge in [0.05, 0.1) is 22.4 Å². The Morgan fingerprint density at radius 2 is 1.67 bits per heavy atom. The number of alkyl halides is 1. The van der Waals surface area contributed by atoms with Crippen LogP contribution in [0, 0.1) is 0 Å². The normalized spacial score (nSPS) is 13.4. The summed E-state index contributed by atoms with van der Waals surface area (Å²) in [5.41, 5.74) is 0.674. The third-order valence-electron chi connectivity index (χ3n) is 3.75. The maximum Gasteiger partial charge on any atom is 0.338 e. The highest BCUT2D eigenvalue weighted by Gasteiger charge is 2.37. The second-order valence-corrected chi connectivity index (χ2v) is 8.50. The molecular formula is C19H20ClNO5S. The lowest BCUT2D eigenvalue weighted by molar-refractivity contribution is -0.115. The lowest BCUT2D eigenvalue weighted by Gasteiger charge is -2.19. The molecule has 0 aliphatic carbocycles. The number of hydrogen-bond acceptors (Lipinski definition) is 5. The average Bonchev–Trinajstić information content (AvgIpc) is 2.62. The Morgan fingerprint density at radius 3 is 2.19 bits per heavy atom. The molecule has 0 aliphatic rings. The number of esters is 1. The van der Waals surface area contributed by atoms with Crippen molar-refractivity contribution in [1.82, 2.24) is 0 Å². The molecule has 1 N–H and O–H groups in total. The molecular weight excluding hydrogens is 390 g/mol. The molecule has 0 aliphatic heterocycles. The Hall–Kier alpha value is -2.38. The van der Waals surface area contributed by atoms with Crippen LogP contribution in [0.3, 0.4) is 0 Å². The van der Waals surface area contributed by atoms with Crippen LogP contribution in [0.1, 0.15) is 24.2 Å². The van der Waals surface area contributed by atoms with Gasteiger partial charge in [0.2, 0.25) is 5.91 Å². The zero-order chi connectivity index (χ0) is 20.0. The molecule has 0 aromatic heterocycles. The lowest BCUT2D eigenvalue weighted by Crippen LogP contribution is -2.40. The highest BCUT2D eigenvalue weighted by atomic mass is 35.5. The Bertz CT molecular complexity index is 895. The molecule has 0 fully saturated rings. The first kappa shape index (κ1) is 20.9. The summed E-state index contributed by atoms with van der Waals surface area (Å²) in [5.74, 6) is -1.22. The van der Waals surface area contributed by atoms with E-state index in [1.165, 1.54) is 43.3 Å². The summed E-state index contributed by atoms with van der Waals surface area (Å²) in [7, 11) is -3.97. The van der Waals surface area contributed by atoms with E-state index in [2.05, 4.69) is 5.32 Å². The van der Waals surface area contributed by atoms with E-state index in [1.807, 2.05) is 0 Å². The number of carbonyl (C=O) groups excluding carboxylic acids is 2. The van der Waals surface area contributed by atoms with E-state index >= 15 is 0 Å². The minimum absolute atomic E-state index is 0.0234. The molecule has 2 rings (SSSR count). The van der Waals surface area contributed by atoms with Gasteiger partial charge in [-0.3, -0.25) is 4.79 Å². The third kappa shape index (κ3) is 5.08. The van der Waals surface area contributed by atoms with Gasteiger partial charge in [-0.2, -0.15) is 0 Å². The van der Waals surface area contributed by atoms with E-state index in [9.17, 15) is 18.0 Å². The fraction of sp³-hybridized carbons (Fsp3) is 0.263. The molecule has 0 heterocycles. The summed E-state index contributed by atoms with van der Waals surface area (Å²) in [5, 5.41) is 0.126.